The number of carbonyl (C=O) groups is 1. The lowest BCUT2D eigenvalue weighted by molar-refractivity contribution is -0.112. The van der Waals surface area contributed by atoms with Gasteiger partial charge in [0.1, 0.15) is 11.6 Å². The van der Waals surface area contributed by atoms with E-state index in [1.807, 2.05) is 6.07 Å². The highest BCUT2D eigenvalue weighted by Crippen LogP contribution is 2.30. The summed E-state index contributed by atoms with van der Waals surface area (Å²) >= 11 is 0. The molecule has 1 aliphatic rings. The summed E-state index contributed by atoms with van der Waals surface area (Å²) in [7, 11) is 1.40. The van der Waals surface area contributed by atoms with Crippen molar-refractivity contribution in [2.24, 2.45) is 0 Å². The smallest absolute Gasteiger partial charge is 0.267 e. The second-order valence-corrected chi connectivity index (χ2v) is 8.69. The minimum Gasteiger partial charge on any atom is -0.493 e. The Bertz CT molecular complexity index is 907. The van der Waals surface area contributed by atoms with Crippen molar-refractivity contribution in [1.29, 1.82) is 5.26 Å². The summed E-state index contributed by atoms with van der Waals surface area (Å²) in [6, 6.07) is 6.43. The average molecular weight is 423 g/mol. The van der Waals surface area contributed by atoms with Gasteiger partial charge in [-0.25, -0.2) is 8.42 Å². The number of carbonyl (C=O) groups excluding carboxylic acids is 1. The SMILES string of the molecule is COCCN(/C=C(/C#N)C(=O)Nc1ccc(OC)c(OC)c1)C1CCS(=O)(=O)C1. The molecule has 2 rings (SSSR count). The van der Waals surface area contributed by atoms with E-state index in [4.69, 9.17) is 14.2 Å². The van der Waals surface area contributed by atoms with Crippen LogP contribution in [0.5, 0.6) is 11.5 Å². The minimum absolute atomic E-state index is 0.0107. The van der Waals surface area contributed by atoms with E-state index in [-0.39, 0.29) is 23.1 Å². The highest BCUT2D eigenvalue weighted by molar-refractivity contribution is 7.91. The van der Waals surface area contributed by atoms with E-state index >= 15 is 0 Å². The lowest BCUT2D eigenvalue weighted by Crippen LogP contribution is -2.35. The maximum Gasteiger partial charge on any atom is 0.267 e. The normalized spacial score (nSPS) is 18.0. The number of sulfone groups is 1. The molecule has 29 heavy (non-hydrogen) atoms. The predicted molar refractivity (Wildman–Crippen MR) is 108 cm³/mol. The van der Waals surface area contributed by atoms with Crippen LogP contribution in [0, 0.1) is 11.3 Å². The van der Waals surface area contributed by atoms with Crippen molar-refractivity contribution < 1.29 is 27.4 Å². The summed E-state index contributed by atoms with van der Waals surface area (Å²) in [5.74, 6) is 0.418. The number of nitrogens with zero attached hydrogens (tertiary/aromatic N) is 2. The first kappa shape index (κ1) is 22.5. The van der Waals surface area contributed by atoms with Crippen LogP contribution in [-0.2, 0) is 19.4 Å². The summed E-state index contributed by atoms with van der Waals surface area (Å²) in [5.41, 5.74) is 0.292. The standard InChI is InChI=1S/C19H25N3O6S/c1-26-8-7-22(16-6-9-29(24,25)13-16)12-14(11-20)19(23)21-15-4-5-17(27-2)18(10-15)28-3/h4-5,10,12,16H,6-9,13H2,1-3H3,(H,21,23)/b14-12-. The molecule has 0 spiro atoms. The van der Waals surface area contributed by atoms with Gasteiger partial charge in [0.05, 0.1) is 32.3 Å². The van der Waals surface area contributed by atoms with E-state index in [9.17, 15) is 18.5 Å². The van der Waals surface area contributed by atoms with Gasteiger partial charge in [-0.05, 0) is 18.6 Å². The van der Waals surface area contributed by atoms with E-state index in [1.165, 1.54) is 27.5 Å². The second kappa shape index (κ2) is 10.1. The number of anilines is 1. The van der Waals surface area contributed by atoms with Crippen molar-refractivity contribution in [1.82, 2.24) is 4.90 Å². The largest absolute Gasteiger partial charge is 0.493 e. The molecule has 1 aromatic rings. The van der Waals surface area contributed by atoms with Crippen molar-refractivity contribution in [2.45, 2.75) is 12.5 Å². The number of ether oxygens (including phenoxy) is 3. The number of rotatable bonds is 9. The van der Waals surface area contributed by atoms with Gasteiger partial charge in [0, 0.05) is 37.7 Å². The summed E-state index contributed by atoms with van der Waals surface area (Å²) in [4.78, 5) is 14.3. The summed E-state index contributed by atoms with van der Waals surface area (Å²) in [5, 5.41) is 12.1. The average Bonchev–Trinajstić information content (AvgIpc) is 3.07. The summed E-state index contributed by atoms with van der Waals surface area (Å²) in [6.45, 7) is 0.703. The van der Waals surface area contributed by atoms with Crippen molar-refractivity contribution in [2.75, 3.05) is 51.3 Å². The Labute approximate surface area is 170 Å². The molecule has 1 N–H and O–H groups in total. The number of amides is 1. The first-order chi connectivity index (χ1) is 13.8. The number of hydrogen-bond donors (Lipinski definition) is 1. The van der Waals surface area contributed by atoms with E-state index in [0.29, 0.717) is 36.8 Å². The summed E-state index contributed by atoms with van der Waals surface area (Å²) in [6.07, 6.45) is 1.85. The summed E-state index contributed by atoms with van der Waals surface area (Å²) < 4.78 is 39.1. The maximum absolute atomic E-state index is 12.6. The Morgan fingerprint density at radius 3 is 2.59 bits per heavy atom. The molecular formula is C19H25N3O6S. The molecule has 1 aliphatic heterocycles. The zero-order valence-corrected chi connectivity index (χ0v) is 17.5. The van der Waals surface area contributed by atoms with Crippen LogP contribution in [0.1, 0.15) is 6.42 Å². The molecule has 1 saturated heterocycles. The van der Waals surface area contributed by atoms with Gasteiger partial charge in [0.15, 0.2) is 21.3 Å². The number of benzene rings is 1. The molecule has 1 fully saturated rings. The van der Waals surface area contributed by atoms with Crippen LogP contribution in [-0.4, -0.2) is 71.3 Å². The van der Waals surface area contributed by atoms with Crippen LogP contribution in [0.3, 0.4) is 0 Å². The van der Waals surface area contributed by atoms with Gasteiger partial charge in [0.2, 0.25) is 0 Å². The second-order valence-electron chi connectivity index (χ2n) is 6.47. The maximum atomic E-state index is 12.6. The zero-order chi connectivity index (χ0) is 21.4. The fourth-order valence-corrected chi connectivity index (χ4v) is 4.74. The minimum atomic E-state index is -3.11. The fraction of sp³-hybridized carbons (Fsp3) is 0.474. The lowest BCUT2D eigenvalue weighted by Gasteiger charge is -2.26. The monoisotopic (exact) mass is 423 g/mol. The highest BCUT2D eigenvalue weighted by atomic mass is 32.2. The molecule has 0 saturated carbocycles. The van der Waals surface area contributed by atoms with Gasteiger partial charge in [0.25, 0.3) is 5.91 Å². The first-order valence-corrected chi connectivity index (χ1v) is 10.8. The topological polar surface area (TPSA) is 118 Å². The number of hydrogen-bond acceptors (Lipinski definition) is 8. The molecule has 0 bridgehead atoms. The molecule has 1 heterocycles. The quantitative estimate of drug-likeness (QED) is 0.465. The van der Waals surface area contributed by atoms with E-state index in [2.05, 4.69) is 5.32 Å². The lowest BCUT2D eigenvalue weighted by atomic mass is 10.2. The number of nitriles is 1. The molecule has 0 aliphatic carbocycles. The van der Waals surface area contributed by atoms with Crippen LogP contribution in [0.2, 0.25) is 0 Å². The third kappa shape index (κ3) is 6.10. The molecule has 158 valence electrons. The van der Waals surface area contributed by atoms with Crippen LogP contribution in [0.25, 0.3) is 0 Å². The molecule has 1 unspecified atom stereocenters. The van der Waals surface area contributed by atoms with Gasteiger partial charge in [-0.15, -0.1) is 0 Å². The molecule has 1 atom stereocenters. The molecular weight excluding hydrogens is 398 g/mol. The predicted octanol–water partition coefficient (Wildman–Crippen LogP) is 1.19. The van der Waals surface area contributed by atoms with Crippen LogP contribution >= 0.6 is 0 Å². The Balaban J connectivity index is 2.21. The van der Waals surface area contributed by atoms with Crippen LogP contribution in [0.4, 0.5) is 5.69 Å². The van der Waals surface area contributed by atoms with E-state index < -0.39 is 15.7 Å². The Morgan fingerprint density at radius 1 is 1.31 bits per heavy atom. The number of methoxy groups -OCH3 is 3. The van der Waals surface area contributed by atoms with Crippen LogP contribution < -0.4 is 14.8 Å². The Kier molecular flexibility index (Phi) is 7.87. The Morgan fingerprint density at radius 2 is 2.03 bits per heavy atom. The molecule has 0 radical (unpaired) electrons. The zero-order valence-electron chi connectivity index (χ0n) is 16.7. The van der Waals surface area contributed by atoms with E-state index in [0.717, 1.165) is 0 Å². The molecule has 1 amide bonds. The van der Waals surface area contributed by atoms with Crippen molar-refractivity contribution in [3.05, 3.63) is 30.0 Å². The van der Waals surface area contributed by atoms with Gasteiger partial charge in [-0.2, -0.15) is 5.26 Å². The van der Waals surface area contributed by atoms with Gasteiger partial charge in [-0.1, -0.05) is 0 Å². The third-order valence-corrected chi connectivity index (χ3v) is 6.28. The first-order valence-electron chi connectivity index (χ1n) is 8.94. The van der Waals surface area contributed by atoms with E-state index in [1.54, 1.807) is 23.1 Å². The number of nitrogens with one attached hydrogen (secondary N) is 1. The Hall–Kier alpha value is -2.77. The fourth-order valence-electron chi connectivity index (χ4n) is 3.00. The van der Waals surface area contributed by atoms with Crippen molar-refractivity contribution in [3.63, 3.8) is 0 Å². The van der Waals surface area contributed by atoms with Gasteiger partial charge < -0.3 is 24.4 Å². The highest BCUT2D eigenvalue weighted by Gasteiger charge is 2.31. The molecule has 1 aromatic carbocycles. The van der Waals surface area contributed by atoms with Gasteiger partial charge in [-0.3, -0.25) is 4.79 Å². The van der Waals surface area contributed by atoms with Crippen LogP contribution in [0.15, 0.2) is 30.0 Å². The molecule has 9 nitrogen and oxygen atoms in total. The van der Waals surface area contributed by atoms with Gasteiger partial charge >= 0.3 is 0 Å². The van der Waals surface area contributed by atoms with Crippen molar-refractivity contribution >= 4 is 21.4 Å². The molecule has 10 heteroatoms. The third-order valence-electron chi connectivity index (χ3n) is 4.53. The van der Waals surface area contributed by atoms with Crippen molar-refractivity contribution in [3.8, 4) is 17.6 Å². The molecule has 0 aromatic heterocycles.